The Bertz CT molecular complexity index is 635. The molecule has 0 aromatic carbocycles. The molecule has 0 radical (unpaired) electrons. The van der Waals surface area contributed by atoms with Gasteiger partial charge in [-0.3, -0.25) is 0 Å². The number of hydrogen-bond acceptors (Lipinski definition) is 4. The van der Waals surface area contributed by atoms with Gasteiger partial charge in [0.25, 0.3) is 5.78 Å². The van der Waals surface area contributed by atoms with Crippen molar-refractivity contribution >= 4 is 11.6 Å². The largest absolute Gasteiger partial charge is 0.356 e. The van der Waals surface area contributed by atoms with Crippen LogP contribution in [0.5, 0.6) is 0 Å². The van der Waals surface area contributed by atoms with E-state index in [1.165, 1.54) is 44.5 Å². The maximum atomic E-state index is 4.55. The number of aromatic nitrogens is 4. The second kappa shape index (κ2) is 5.28. The highest BCUT2D eigenvalue weighted by Crippen LogP contribution is 2.37. The van der Waals surface area contributed by atoms with Crippen LogP contribution >= 0.6 is 0 Å². The van der Waals surface area contributed by atoms with Gasteiger partial charge in [0.1, 0.15) is 12.1 Å². The van der Waals surface area contributed by atoms with E-state index in [0.717, 1.165) is 36.3 Å². The first-order valence-electron chi connectivity index (χ1n) is 8.29. The highest BCUT2D eigenvalue weighted by Gasteiger charge is 2.32. The summed E-state index contributed by atoms with van der Waals surface area (Å²) in [6.45, 7) is 4.46. The van der Waals surface area contributed by atoms with Crippen molar-refractivity contribution in [3.05, 3.63) is 18.1 Å². The third kappa shape index (κ3) is 2.28. The normalized spacial score (nSPS) is 26.0. The van der Waals surface area contributed by atoms with E-state index in [0.29, 0.717) is 0 Å². The van der Waals surface area contributed by atoms with Gasteiger partial charge in [-0.25, -0.2) is 4.98 Å². The molecule has 2 aliphatic rings. The average molecular weight is 285 g/mol. The number of piperidine rings is 1. The minimum atomic E-state index is 0.732. The predicted molar refractivity (Wildman–Crippen MR) is 82.4 cm³/mol. The third-order valence-electron chi connectivity index (χ3n) is 5.26. The molecule has 2 aromatic heterocycles. The van der Waals surface area contributed by atoms with E-state index >= 15 is 0 Å². The van der Waals surface area contributed by atoms with Crippen LogP contribution in [0.4, 0.5) is 5.82 Å². The summed E-state index contributed by atoms with van der Waals surface area (Å²) < 4.78 is 1.91. The van der Waals surface area contributed by atoms with E-state index in [1.807, 2.05) is 4.52 Å². The molecule has 2 atom stereocenters. The Morgan fingerprint density at radius 2 is 2.05 bits per heavy atom. The molecule has 112 valence electrons. The Labute approximate surface area is 125 Å². The number of nitrogens with zero attached hydrogens (tertiary/aromatic N) is 5. The van der Waals surface area contributed by atoms with Crippen molar-refractivity contribution in [3.63, 3.8) is 0 Å². The van der Waals surface area contributed by atoms with Crippen molar-refractivity contribution in [3.8, 4) is 0 Å². The van der Waals surface area contributed by atoms with Crippen LogP contribution in [0.25, 0.3) is 5.78 Å². The smallest absolute Gasteiger partial charge is 0.254 e. The summed E-state index contributed by atoms with van der Waals surface area (Å²) in [5, 5.41) is 4.37. The molecule has 1 saturated carbocycles. The minimum absolute atomic E-state index is 0.732. The average Bonchev–Trinajstić information content (AvgIpc) is 3.01. The molecule has 0 spiro atoms. The summed E-state index contributed by atoms with van der Waals surface area (Å²) in [4.78, 5) is 11.3. The molecule has 2 fully saturated rings. The molecule has 0 N–H and O–H groups in total. The monoisotopic (exact) mass is 285 g/mol. The van der Waals surface area contributed by atoms with Crippen LogP contribution in [0.1, 0.15) is 44.7 Å². The van der Waals surface area contributed by atoms with Crippen LogP contribution in [0.15, 0.2) is 12.4 Å². The Morgan fingerprint density at radius 1 is 1.19 bits per heavy atom. The van der Waals surface area contributed by atoms with Gasteiger partial charge in [0, 0.05) is 24.8 Å². The van der Waals surface area contributed by atoms with E-state index in [4.69, 9.17) is 0 Å². The molecule has 3 heterocycles. The van der Waals surface area contributed by atoms with Crippen LogP contribution < -0.4 is 4.90 Å². The van der Waals surface area contributed by atoms with Gasteiger partial charge < -0.3 is 4.90 Å². The summed E-state index contributed by atoms with van der Waals surface area (Å²) >= 11 is 0. The number of rotatable bonds is 2. The first-order chi connectivity index (χ1) is 10.3. The second-order valence-corrected chi connectivity index (χ2v) is 6.47. The van der Waals surface area contributed by atoms with E-state index < -0.39 is 0 Å². The summed E-state index contributed by atoms with van der Waals surface area (Å²) in [6, 6.07) is 2.20. The molecule has 1 aliphatic heterocycles. The fourth-order valence-electron chi connectivity index (χ4n) is 4.06. The van der Waals surface area contributed by atoms with Crippen molar-refractivity contribution < 1.29 is 0 Å². The minimum Gasteiger partial charge on any atom is -0.356 e. The van der Waals surface area contributed by atoms with Crippen LogP contribution in [0.2, 0.25) is 0 Å². The lowest BCUT2D eigenvalue weighted by molar-refractivity contribution is 0.201. The topological polar surface area (TPSA) is 46.3 Å². The molecule has 2 aromatic rings. The van der Waals surface area contributed by atoms with E-state index in [2.05, 4.69) is 33.0 Å². The summed E-state index contributed by atoms with van der Waals surface area (Å²) in [5.74, 6) is 3.73. The van der Waals surface area contributed by atoms with Crippen LogP contribution in [0.3, 0.4) is 0 Å². The summed E-state index contributed by atoms with van der Waals surface area (Å²) in [6.07, 6.45) is 9.55. The van der Waals surface area contributed by atoms with Gasteiger partial charge in [0.05, 0.1) is 0 Å². The maximum absolute atomic E-state index is 4.55. The first-order valence-corrected chi connectivity index (χ1v) is 8.29. The standard InChI is InChI=1S/C16H23N5/c1-2-14-9-15(21-16(19-14)17-11-18-21)20-8-7-12-5-3-4-6-13(12)10-20/h9,11-13H,2-8,10H2,1H3/t12-,13-/m1/s1. The second-order valence-electron chi connectivity index (χ2n) is 6.47. The van der Waals surface area contributed by atoms with Gasteiger partial charge in [-0.05, 0) is 31.1 Å². The van der Waals surface area contributed by atoms with Gasteiger partial charge in [-0.2, -0.15) is 14.6 Å². The highest BCUT2D eigenvalue weighted by atomic mass is 15.4. The first kappa shape index (κ1) is 13.0. The van der Waals surface area contributed by atoms with Crippen molar-refractivity contribution in [1.29, 1.82) is 0 Å². The molecule has 5 heteroatoms. The summed E-state index contributed by atoms with van der Waals surface area (Å²) in [7, 11) is 0. The Hall–Kier alpha value is -1.65. The fraction of sp³-hybridized carbons (Fsp3) is 0.688. The molecule has 4 rings (SSSR count). The van der Waals surface area contributed by atoms with Gasteiger partial charge >= 0.3 is 0 Å². The highest BCUT2D eigenvalue weighted by molar-refractivity contribution is 5.47. The lowest BCUT2D eigenvalue weighted by atomic mass is 9.75. The molecule has 1 aliphatic carbocycles. The van der Waals surface area contributed by atoms with Crippen molar-refractivity contribution in [2.75, 3.05) is 18.0 Å². The Morgan fingerprint density at radius 3 is 2.90 bits per heavy atom. The number of aryl methyl sites for hydroxylation is 1. The van der Waals surface area contributed by atoms with Crippen molar-refractivity contribution in [2.24, 2.45) is 11.8 Å². The van der Waals surface area contributed by atoms with Crippen LogP contribution in [-0.2, 0) is 6.42 Å². The zero-order valence-electron chi connectivity index (χ0n) is 12.7. The van der Waals surface area contributed by atoms with Crippen LogP contribution in [0, 0.1) is 11.8 Å². The third-order valence-corrected chi connectivity index (χ3v) is 5.26. The van der Waals surface area contributed by atoms with Gasteiger partial charge in [-0.15, -0.1) is 0 Å². The van der Waals surface area contributed by atoms with Crippen molar-refractivity contribution in [2.45, 2.75) is 45.4 Å². The van der Waals surface area contributed by atoms with Crippen molar-refractivity contribution in [1.82, 2.24) is 19.6 Å². The fourth-order valence-corrected chi connectivity index (χ4v) is 4.06. The molecule has 21 heavy (non-hydrogen) atoms. The predicted octanol–water partition coefficient (Wildman–Crippen LogP) is 2.70. The SMILES string of the molecule is CCc1cc(N2CC[C@H]3CCCC[C@@H]3C2)n2ncnc2n1. The molecule has 1 saturated heterocycles. The van der Waals surface area contributed by atoms with Gasteiger partial charge in [0.2, 0.25) is 0 Å². The van der Waals surface area contributed by atoms with E-state index in [9.17, 15) is 0 Å². The lowest BCUT2D eigenvalue weighted by Gasteiger charge is -2.42. The Balaban J connectivity index is 1.67. The summed E-state index contributed by atoms with van der Waals surface area (Å²) in [5.41, 5.74) is 1.11. The molecule has 0 unspecified atom stereocenters. The quantitative estimate of drug-likeness (QED) is 0.851. The molecular formula is C16H23N5. The Kier molecular flexibility index (Phi) is 3.28. The van der Waals surface area contributed by atoms with E-state index in [1.54, 1.807) is 6.33 Å². The number of hydrogen-bond donors (Lipinski definition) is 0. The van der Waals surface area contributed by atoms with Crippen LogP contribution in [-0.4, -0.2) is 32.7 Å². The number of anilines is 1. The van der Waals surface area contributed by atoms with E-state index in [-0.39, 0.29) is 0 Å². The lowest BCUT2D eigenvalue weighted by Crippen LogP contribution is -2.42. The molecule has 0 bridgehead atoms. The van der Waals surface area contributed by atoms with Gasteiger partial charge in [-0.1, -0.05) is 26.2 Å². The molecule has 0 amide bonds. The molecule has 5 nitrogen and oxygen atoms in total. The van der Waals surface area contributed by atoms with Gasteiger partial charge in [0.15, 0.2) is 0 Å². The zero-order chi connectivity index (χ0) is 14.2. The molecular weight excluding hydrogens is 262 g/mol. The number of fused-ring (bicyclic) bond motifs is 2. The zero-order valence-corrected chi connectivity index (χ0v) is 12.7. The maximum Gasteiger partial charge on any atom is 0.254 e.